The van der Waals surface area contributed by atoms with Gasteiger partial charge in [-0.25, -0.2) is 0 Å². The second-order valence-electron chi connectivity index (χ2n) is 14.3. The van der Waals surface area contributed by atoms with E-state index in [-0.39, 0.29) is 49.8 Å². The number of carbonyl (C=O) groups excluding carboxylic acids is 6. The number of esters is 2. The van der Waals surface area contributed by atoms with E-state index in [9.17, 15) is 28.8 Å². The fraction of sp³-hybridized carbons (Fsp3) is 0.850. The molecule has 0 fully saturated rings. The highest BCUT2D eigenvalue weighted by molar-refractivity contribution is 5.75. The van der Waals surface area contributed by atoms with Crippen molar-refractivity contribution in [3.8, 4) is 0 Å². The van der Waals surface area contributed by atoms with Gasteiger partial charge in [0.25, 0.3) is 0 Å². The summed E-state index contributed by atoms with van der Waals surface area (Å²) in [5.74, 6) is -1.34. The summed E-state index contributed by atoms with van der Waals surface area (Å²) in [6.45, 7) is 10.8. The Morgan fingerprint density at radius 1 is 0.404 bits per heavy atom. The van der Waals surface area contributed by atoms with Gasteiger partial charge in [0.05, 0.1) is 26.2 Å². The summed E-state index contributed by atoms with van der Waals surface area (Å²) in [5, 5.41) is 5.33. The number of nitrogens with one attached hydrogen (secondary N) is 2. The van der Waals surface area contributed by atoms with E-state index in [1.165, 1.54) is 131 Å². The fourth-order valence-electron chi connectivity index (χ4n) is 6.31. The van der Waals surface area contributed by atoms with E-state index in [0.29, 0.717) is 13.1 Å². The molecule has 0 saturated heterocycles. The van der Waals surface area contributed by atoms with Crippen LogP contribution >= 0.6 is 0 Å². The quantitative estimate of drug-likeness (QED) is 0.0563. The van der Waals surface area contributed by atoms with Crippen LogP contribution in [0.2, 0.25) is 0 Å². The first kappa shape index (κ1) is 48.8. The van der Waals surface area contributed by atoms with Gasteiger partial charge in [0.15, 0.2) is 0 Å². The lowest BCUT2D eigenvalue weighted by atomic mass is 10.0. The molecule has 0 aliphatic heterocycles. The van der Waals surface area contributed by atoms with E-state index in [1.807, 2.05) is 0 Å². The Morgan fingerprint density at radius 2 is 0.635 bits per heavy atom. The standard InChI is InChI=1S/C40H74N4O8/c1-33(45)41-29-39(51-37(5)49)31-43(35(3)47)27-25-23-21-19-17-15-13-11-9-7-8-10-12-14-16-18-20-22-24-26-28-44(36(4)48)32-40(52-38(6)50)30-42-34(2)46/h39-40H,7-32H2,1-6H3,(H,41,45)(H,42,46). The molecule has 0 aromatic rings. The summed E-state index contributed by atoms with van der Waals surface area (Å²) >= 11 is 0. The molecule has 0 bridgehead atoms. The molecule has 2 atom stereocenters. The molecule has 0 radical (unpaired) electrons. The number of hydrogen-bond donors (Lipinski definition) is 2. The molecule has 0 heterocycles. The number of unbranched alkanes of at least 4 members (excludes halogenated alkanes) is 19. The Labute approximate surface area is 315 Å². The van der Waals surface area contributed by atoms with Gasteiger partial charge in [0, 0.05) is 54.6 Å². The number of rotatable bonds is 33. The molecule has 0 aromatic heterocycles. The van der Waals surface area contributed by atoms with Crippen molar-refractivity contribution >= 4 is 35.6 Å². The third-order valence-electron chi connectivity index (χ3n) is 9.17. The van der Waals surface area contributed by atoms with Crippen molar-refractivity contribution in [2.75, 3.05) is 39.3 Å². The average Bonchev–Trinajstić information content (AvgIpc) is 3.06. The maximum atomic E-state index is 12.1. The smallest absolute Gasteiger partial charge is 0.303 e. The molecule has 0 aliphatic carbocycles. The minimum Gasteiger partial charge on any atom is -0.459 e. The third kappa shape index (κ3) is 31.5. The minimum atomic E-state index is -0.545. The Bertz CT molecular complexity index is 930. The second kappa shape index (κ2) is 32.5. The van der Waals surface area contributed by atoms with Crippen molar-refractivity contribution in [1.82, 2.24) is 20.4 Å². The Kier molecular flexibility index (Phi) is 30.5. The number of ether oxygens (including phenoxy) is 2. The largest absolute Gasteiger partial charge is 0.459 e. The van der Waals surface area contributed by atoms with Crippen molar-refractivity contribution < 1.29 is 38.2 Å². The molecule has 4 amide bonds. The van der Waals surface area contributed by atoms with E-state index in [1.54, 1.807) is 9.80 Å². The van der Waals surface area contributed by atoms with Crippen molar-refractivity contribution in [2.45, 2.75) is 182 Å². The second-order valence-corrected chi connectivity index (χ2v) is 14.3. The highest BCUT2D eigenvalue weighted by Gasteiger charge is 2.20. The van der Waals surface area contributed by atoms with Crippen LogP contribution in [0.5, 0.6) is 0 Å². The van der Waals surface area contributed by atoms with Crippen molar-refractivity contribution in [3.63, 3.8) is 0 Å². The Morgan fingerprint density at radius 3 is 0.827 bits per heavy atom. The van der Waals surface area contributed by atoms with Crippen LogP contribution < -0.4 is 10.6 Å². The Hall–Kier alpha value is -3.18. The van der Waals surface area contributed by atoms with Gasteiger partial charge in [-0.05, 0) is 12.8 Å². The SMILES string of the molecule is CC(=O)NCC(CN(CCCCCCCCCCCCCCCCCCCCCCN(CC(CNC(C)=O)OC(C)=O)C(C)=O)C(C)=O)OC(C)=O. The van der Waals surface area contributed by atoms with Crippen molar-refractivity contribution in [3.05, 3.63) is 0 Å². The van der Waals surface area contributed by atoms with Gasteiger partial charge >= 0.3 is 11.9 Å². The lowest BCUT2D eigenvalue weighted by molar-refractivity contribution is -0.150. The van der Waals surface area contributed by atoms with Gasteiger partial charge in [0.1, 0.15) is 12.2 Å². The van der Waals surface area contributed by atoms with Crippen molar-refractivity contribution in [2.24, 2.45) is 0 Å². The number of amides is 4. The highest BCUT2D eigenvalue weighted by Crippen LogP contribution is 2.15. The molecule has 302 valence electrons. The van der Waals surface area contributed by atoms with Crippen LogP contribution in [0.4, 0.5) is 0 Å². The number of carbonyl (C=O) groups is 6. The van der Waals surface area contributed by atoms with Gasteiger partial charge in [0.2, 0.25) is 23.6 Å². The lowest BCUT2D eigenvalue weighted by Crippen LogP contribution is -2.44. The third-order valence-corrected chi connectivity index (χ3v) is 9.17. The summed E-state index contributed by atoms with van der Waals surface area (Å²) in [6, 6.07) is 0. The fourth-order valence-corrected chi connectivity index (χ4v) is 6.31. The maximum Gasteiger partial charge on any atom is 0.303 e. The number of hydrogen-bond acceptors (Lipinski definition) is 8. The van der Waals surface area contributed by atoms with E-state index in [0.717, 1.165) is 38.5 Å². The predicted octanol–water partition coefficient (Wildman–Crippen LogP) is 6.62. The molecular weight excluding hydrogens is 664 g/mol. The van der Waals surface area contributed by atoms with E-state index >= 15 is 0 Å². The normalized spacial score (nSPS) is 12.0. The maximum absolute atomic E-state index is 12.1. The number of nitrogens with zero attached hydrogens (tertiary/aromatic N) is 2. The molecule has 0 rings (SSSR count). The molecule has 0 aromatic carbocycles. The van der Waals surface area contributed by atoms with Crippen LogP contribution in [-0.2, 0) is 38.2 Å². The predicted molar refractivity (Wildman–Crippen MR) is 205 cm³/mol. The lowest BCUT2D eigenvalue weighted by Gasteiger charge is -2.26. The topological polar surface area (TPSA) is 151 Å². The van der Waals surface area contributed by atoms with Gasteiger partial charge in [-0.15, -0.1) is 0 Å². The van der Waals surface area contributed by atoms with Crippen LogP contribution in [0.25, 0.3) is 0 Å². The molecule has 0 aliphatic rings. The van der Waals surface area contributed by atoms with E-state index in [2.05, 4.69) is 10.6 Å². The van der Waals surface area contributed by atoms with Gasteiger partial charge in [-0.3, -0.25) is 28.8 Å². The first-order valence-corrected chi connectivity index (χ1v) is 20.2. The van der Waals surface area contributed by atoms with Crippen LogP contribution in [0.15, 0.2) is 0 Å². The van der Waals surface area contributed by atoms with E-state index in [4.69, 9.17) is 9.47 Å². The molecule has 2 N–H and O–H groups in total. The zero-order valence-corrected chi connectivity index (χ0v) is 33.7. The van der Waals surface area contributed by atoms with Crippen LogP contribution in [0.1, 0.15) is 170 Å². The molecule has 52 heavy (non-hydrogen) atoms. The van der Waals surface area contributed by atoms with Gasteiger partial charge < -0.3 is 29.9 Å². The van der Waals surface area contributed by atoms with Crippen LogP contribution in [0.3, 0.4) is 0 Å². The first-order chi connectivity index (χ1) is 24.8. The van der Waals surface area contributed by atoms with Crippen LogP contribution in [0, 0.1) is 0 Å². The molecule has 0 saturated carbocycles. The van der Waals surface area contributed by atoms with Crippen LogP contribution in [-0.4, -0.2) is 96.8 Å². The molecule has 2 unspecified atom stereocenters. The summed E-state index contributed by atoms with van der Waals surface area (Å²) in [5.41, 5.74) is 0. The van der Waals surface area contributed by atoms with Gasteiger partial charge in [-0.2, -0.15) is 0 Å². The zero-order chi connectivity index (χ0) is 39.0. The summed E-state index contributed by atoms with van der Waals surface area (Å²) < 4.78 is 10.6. The van der Waals surface area contributed by atoms with E-state index < -0.39 is 24.1 Å². The van der Waals surface area contributed by atoms with Crippen molar-refractivity contribution in [1.29, 1.82) is 0 Å². The summed E-state index contributed by atoms with van der Waals surface area (Å²) in [4.78, 5) is 73.0. The molecule has 12 heteroatoms. The summed E-state index contributed by atoms with van der Waals surface area (Å²) in [7, 11) is 0. The highest BCUT2D eigenvalue weighted by atomic mass is 16.5. The minimum absolute atomic E-state index is 0.0519. The first-order valence-electron chi connectivity index (χ1n) is 20.2. The average molecular weight is 739 g/mol. The molecule has 12 nitrogen and oxygen atoms in total. The molecular formula is C40H74N4O8. The van der Waals surface area contributed by atoms with Gasteiger partial charge in [-0.1, -0.05) is 116 Å². The zero-order valence-electron chi connectivity index (χ0n) is 33.7. The Balaban J connectivity index is 3.73. The monoisotopic (exact) mass is 739 g/mol. The summed E-state index contributed by atoms with van der Waals surface area (Å²) in [6.07, 6.45) is 23.4. The molecule has 0 spiro atoms.